The number of rotatable bonds is 8. The van der Waals surface area contributed by atoms with Gasteiger partial charge in [-0.1, -0.05) is 13.8 Å². The van der Waals surface area contributed by atoms with Gasteiger partial charge in [0.2, 0.25) is 0 Å². The maximum atomic E-state index is 13.0. The number of piperazine rings is 3. The van der Waals surface area contributed by atoms with Crippen molar-refractivity contribution in [3.63, 3.8) is 0 Å². The Balaban J connectivity index is 1.43. The normalized spacial score (nSPS) is 30.6. The van der Waals surface area contributed by atoms with Gasteiger partial charge in [0.15, 0.2) is 12.1 Å². The second-order valence-electron chi connectivity index (χ2n) is 9.61. The van der Waals surface area contributed by atoms with E-state index < -0.39 is 47.7 Å². The van der Waals surface area contributed by atoms with Crippen molar-refractivity contribution in [2.24, 2.45) is 0 Å². The van der Waals surface area contributed by atoms with Crippen LogP contribution in [0.3, 0.4) is 0 Å². The first-order valence-corrected chi connectivity index (χ1v) is 12.0. The quantitative estimate of drug-likeness (QED) is 0.334. The van der Waals surface area contributed by atoms with E-state index in [1.807, 2.05) is 13.8 Å². The van der Waals surface area contributed by atoms with Crippen molar-refractivity contribution in [3.05, 3.63) is 0 Å². The van der Waals surface area contributed by atoms with E-state index in [-0.39, 0.29) is 25.7 Å². The average molecular weight is 481 g/mol. The molecule has 5 heterocycles. The lowest BCUT2D eigenvalue weighted by atomic mass is 9.96. The largest absolute Gasteiger partial charge is 0.390 e. The molecule has 0 N–H and O–H groups in total. The second kappa shape index (κ2) is 9.06. The van der Waals surface area contributed by atoms with E-state index in [1.165, 1.54) is 0 Å². The first kappa shape index (κ1) is 24.3. The summed E-state index contributed by atoms with van der Waals surface area (Å²) in [6, 6.07) is -1.04. The third-order valence-corrected chi connectivity index (χ3v) is 7.99. The molecule has 0 radical (unpaired) electrons. The summed E-state index contributed by atoms with van der Waals surface area (Å²) in [6.45, 7) is 7.52. The number of hydrogen-bond donors (Lipinski definition) is 0. The minimum atomic E-state index is -0.578. The van der Waals surface area contributed by atoms with Gasteiger partial charge in [0.25, 0.3) is 23.6 Å². The van der Waals surface area contributed by atoms with E-state index >= 15 is 0 Å². The highest BCUT2D eigenvalue weighted by molar-refractivity contribution is 6.02. The molecule has 2 unspecified atom stereocenters. The van der Waals surface area contributed by atoms with Gasteiger partial charge in [-0.3, -0.25) is 28.1 Å². The van der Waals surface area contributed by atoms with Crippen molar-refractivity contribution in [1.29, 1.82) is 0 Å². The van der Waals surface area contributed by atoms with Crippen molar-refractivity contribution in [3.8, 4) is 0 Å². The van der Waals surface area contributed by atoms with Gasteiger partial charge >= 0.3 is 11.9 Å². The maximum Gasteiger partial charge on any atom is 0.390 e. The Morgan fingerprint density at radius 2 is 0.912 bits per heavy atom. The number of hydrogen-bond acceptors (Lipinski definition) is 8. The van der Waals surface area contributed by atoms with Crippen LogP contribution in [0, 0.1) is 0 Å². The molecule has 34 heavy (non-hydrogen) atoms. The molecule has 2 atom stereocenters. The lowest BCUT2D eigenvalue weighted by Gasteiger charge is -2.58. The van der Waals surface area contributed by atoms with Crippen LogP contribution in [0.25, 0.3) is 0 Å². The van der Waals surface area contributed by atoms with Crippen LogP contribution in [-0.2, 0) is 38.4 Å². The Bertz CT molecular complexity index is 803. The topological polar surface area (TPSA) is 127 Å². The summed E-state index contributed by atoms with van der Waals surface area (Å²) in [4.78, 5) is 84.0. The van der Waals surface area contributed by atoms with Crippen LogP contribution in [0.4, 0.5) is 0 Å². The zero-order valence-corrected chi connectivity index (χ0v) is 19.7. The number of quaternary nitrogens is 2. The zero-order chi connectivity index (χ0) is 24.7. The first-order valence-electron chi connectivity index (χ1n) is 12.0. The molecule has 12 nitrogen and oxygen atoms in total. The Kier molecular flexibility index (Phi) is 6.47. The third kappa shape index (κ3) is 3.98. The summed E-state index contributed by atoms with van der Waals surface area (Å²) in [6.07, 6.45) is 1.18. The monoisotopic (exact) mass is 480 g/mol. The Morgan fingerprint density at radius 1 is 0.647 bits per heavy atom. The standard InChI is InChI=1S/C22H32N4O8/c1-3-15(21(31)33-23-17(27)5-6-18(23)28)25-9-12-26(13-10-25,14-11-25)16(4-2)22(32)34-24-19(29)7-8-20(24)30/h15-16H,3-14H2,1-2H3/q+2. The number of nitrogens with zero attached hydrogens (tertiary/aromatic N) is 4. The molecule has 5 fully saturated rings. The Labute approximate surface area is 197 Å². The minimum Gasteiger partial charge on any atom is -0.324 e. The Hall–Kier alpha value is -2.86. The van der Waals surface area contributed by atoms with Gasteiger partial charge in [-0.15, -0.1) is 10.1 Å². The SMILES string of the molecule is CCC(C(=O)ON1C(=O)CCC1=O)[N+]12CC[N+](C(CC)C(=O)ON3C(=O)CCC3=O)(CC1)CC2. The summed E-state index contributed by atoms with van der Waals surface area (Å²) in [5.74, 6) is -3.15. The van der Waals surface area contributed by atoms with E-state index in [0.29, 0.717) is 71.2 Å². The second-order valence-corrected chi connectivity index (χ2v) is 9.61. The number of amides is 4. The minimum absolute atomic E-state index is 0.0477. The van der Waals surface area contributed by atoms with Gasteiger partial charge in [0.05, 0.1) is 0 Å². The molecule has 186 valence electrons. The van der Waals surface area contributed by atoms with Crippen LogP contribution < -0.4 is 0 Å². The van der Waals surface area contributed by atoms with Crippen LogP contribution >= 0.6 is 0 Å². The fourth-order valence-corrected chi connectivity index (χ4v) is 5.97. The predicted molar refractivity (Wildman–Crippen MR) is 112 cm³/mol. The van der Waals surface area contributed by atoms with E-state index in [0.717, 1.165) is 0 Å². The molecule has 0 aromatic carbocycles. The van der Waals surface area contributed by atoms with Gasteiger partial charge in [-0.25, -0.2) is 9.59 Å². The van der Waals surface area contributed by atoms with Crippen LogP contribution in [0.15, 0.2) is 0 Å². The number of hydroxylamine groups is 4. The van der Waals surface area contributed by atoms with Crippen LogP contribution in [0.5, 0.6) is 0 Å². The number of carbonyl (C=O) groups excluding carboxylic acids is 6. The molecule has 4 amide bonds. The van der Waals surface area contributed by atoms with Crippen molar-refractivity contribution in [1.82, 2.24) is 10.1 Å². The Morgan fingerprint density at radius 3 is 1.15 bits per heavy atom. The zero-order valence-electron chi connectivity index (χ0n) is 19.7. The number of carbonyl (C=O) groups is 6. The molecule has 12 heteroatoms. The third-order valence-electron chi connectivity index (χ3n) is 7.99. The molecule has 0 spiro atoms. The van der Waals surface area contributed by atoms with E-state index in [4.69, 9.17) is 9.68 Å². The molecule has 2 bridgehead atoms. The number of imide groups is 2. The molecule has 5 saturated heterocycles. The fraction of sp³-hybridized carbons (Fsp3) is 0.727. The molecule has 0 aromatic heterocycles. The van der Waals surface area contributed by atoms with Crippen molar-refractivity contribution in [2.45, 2.75) is 64.5 Å². The van der Waals surface area contributed by atoms with Gasteiger partial charge in [-0.05, 0) is 0 Å². The fourth-order valence-electron chi connectivity index (χ4n) is 5.97. The van der Waals surface area contributed by atoms with Crippen LogP contribution in [0.2, 0.25) is 0 Å². The molecular weight excluding hydrogens is 448 g/mol. The van der Waals surface area contributed by atoms with E-state index in [1.54, 1.807) is 0 Å². The molecule has 0 aromatic rings. The molecule has 0 aliphatic carbocycles. The lowest BCUT2D eigenvalue weighted by molar-refractivity contribution is -1.09. The molecule has 0 saturated carbocycles. The summed E-state index contributed by atoms with van der Waals surface area (Å²) in [5, 5.41) is 1.20. The summed E-state index contributed by atoms with van der Waals surface area (Å²) in [7, 11) is 0. The average Bonchev–Trinajstić information content (AvgIpc) is 3.31. The smallest absolute Gasteiger partial charge is 0.324 e. The molecular formula is C22H32N4O8+2. The number of fused-ring (bicyclic) bond motifs is 3. The van der Waals surface area contributed by atoms with Gasteiger partial charge in [0, 0.05) is 38.5 Å². The lowest BCUT2D eigenvalue weighted by Crippen LogP contribution is -2.80. The van der Waals surface area contributed by atoms with Gasteiger partial charge < -0.3 is 9.68 Å². The predicted octanol–water partition coefficient (Wildman–Crippen LogP) is -0.581. The molecule has 5 aliphatic heterocycles. The maximum absolute atomic E-state index is 13.0. The van der Waals surface area contributed by atoms with Gasteiger partial charge in [-0.2, -0.15) is 0 Å². The van der Waals surface area contributed by atoms with E-state index in [9.17, 15) is 28.8 Å². The molecule has 5 rings (SSSR count). The van der Waals surface area contributed by atoms with Crippen LogP contribution in [-0.4, -0.2) is 106 Å². The highest BCUT2D eigenvalue weighted by Crippen LogP contribution is 2.35. The summed E-state index contributed by atoms with van der Waals surface area (Å²) in [5.41, 5.74) is 0. The van der Waals surface area contributed by atoms with E-state index in [2.05, 4.69) is 0 Å². The highest BCUT2D eigenvalue weighted by Gasteiger charge is 2.59. The molecule has 5 aliphatic rings. The summed E-state index contributed by atoms with van der Waals surface area (Å²) >= 11 is 0. The van der Waals surface area contributed by atoms with Crippen molar-refractivity contribution in [2.75, 3.05) is 39.3 Å². The van der Waals surface area contributed by atoms with Crippen LogP contribution in [0.1, 0.15) is 52.4 Å². The summed E-state index contributed by atoms with van der Waals surface area (Å²) < 4.78 is 0.972. The van der Waals surface area contributed by atoms with Crippen molar-refractivity contribution < 1.29 is 47.4 Å². The van der Waals surface area contributed by atoms with Gasteiger partial charge in [0.1, 0.15) is 39.3 Å². The highest BCUT2D eigenvalue weighted by atomic mass is 16.7. The first-order chi connectivity index (χ1) is 16.2. The van der Waals surface area contributed by atoms with Crippen molar-refractivity contribution >= 4 is 35.6 Å².